The number of aryl methyl sites for hydroxylation is 2. The summed E-state index contributed by atoms with van der Waals surface area (Å²) in [4.78, 5) is 14.2. The number of para-hydroxylation sites is 1. The monoisotopic (exact) mass is 355 g/mol. The van der Waals surface area contributed by atoms with E-state index in [4.69, 9.17) is 5.11 Å². The fourth-order valence-electron chi connectivity index (χ4n) is 3.17. The van der Waals surface area contributed by atoms with Crippen molar-refractivity contribution in [1.29, 1.82) is 0 Å². The molecule has 1 aromatic heterocycles. The van der Waals surface area contributed by atoms with E-state index >= 15 is 0 Å². The third kappa shape index (κ3) is 3.87. The van der Waals surface area contributed by atoms with E-state index in [0.29, 0.717) is 6.42 Å². The van der Waals surface area contributed by atoms with Crippen LogP contribution in [-0.4, -0.2) is 18.1 Å². The molecule has 2 aromatic rings. The molecule has 3 rings (SSSR count). The fourth-order valence-corrected chi connectivity index (χ4v) is 4.28. The minimum atomic E-state index is -0.738. The highest BCUT2D eigenvalue weighted by Crippen LogP contribution is 2.45. The van der Waals surface area contributed by atoms with Gasteiger partial charge in [-0.1, -0.05) is 23.9 Å². The zero-order chi connectivity index (χ0) is 18.0. The molecule has 0 saturated carbocycles. The zero-order valence-electron chi connectivity index (χ0n) is 14.8. The molecule has 0 bridgehead atoms. The molecule has 0 atom stereocenters. The molecule has 0 radical (unpaired) electrons. The predicted molar refractivity (Wildman–Crippen MR) is 102 cm³/mol. The third-order valence-electron chi connectivity index (χ3n) is 4.44. The summed E-state index contributed by atoms with van der Waals surface area (Å²) in [6.07, 6.45) is 3.07. The van der Waals surface area contributed by atoms with Gasteiger partial charge in [-0.05, 0) is 23.8 Å². The van der Waals surface area contributed by atoms with Crippen molar-refractivity contribution in [3.05, 3.63) is 58.4 Å². The molecular formula is C20H23N2O2S+. The zero-order valence-corrected chi connectivity index (χ0v) is 15.6. The topological polar surface area (TPSA) is 44.4 Å². The maximum atomic E-state index is 10.7. The number of carbonyl (C=O) groups is 1. The molecule has 5 heteroatoms. The molecule has 25 heavy (non-hydrogen) atoms. The first-order valence-electron chi connectivity index (χ1n) is 8.41. The van der Waals surface area contributed by atoms with Crippen LogP contribution >= 0.6 is 11.8 Å². The second-order valence-electron chi connectivity index (χ2n) is 6.33. The molecule has 2 heterocycles. The van der Waals surface area contributed by atoms with Gasteiger partial charge in [0, 0.05) is 44.3 Å². The number of nitrogens with zero attached hydrogens (tertiary/aromatic N) is 2. The molecule has 0 saturated heterocycles. The molecule has 1 N–H and O–H groups in total. The fraction of sp³-hybridized carbons (Fsp3) is 0.300. The van der Waals surface area contributed by atoms with Gasteiger partial charge in [-0.25, -0.2) is 4.57 Å². The Balaban J connectivity index is 1.81. The Labute approximate surface area is 152 Å². The van der Waals surface area contributed by atoms with Gasteiger partial charge in [-0.3, -0.25) is 4.79 Å². The lowest BCUT2D eigenvalue weighted by Gasteiger charge is -2.13. The number of rotatable bonds is 5. The summed E-state index contributed by atoms with van der Waals surface area (Å²) in [6, 6.07) is 12.8. The largest absolute Gasteiger partial charge is 0.481 e. The highest BCUT2D eigenvalue weighted by Gasteiger charge is 2.21. The Hall–Kier alpha value is -2.27. The van der Waals surface area contributed by atoms with Crippen molar-refractivity contribution in [3.8, 4) is 0 Å². The molecule has 130 valence electrons. The van der Waals surface area contributed by atoms with Gasteiger partial charge in [0.05, 0.1) is 17.1 Å². The first kappa shape index (κ1) is 17.5. The molecule has 0 aliphatic carbocycles. The lowest BCUT2D eigenvalue weighted by Crippen LogP contribution is -2.40. The maximum Gasteiger partial charge on any atom is 0.303 e. The van der Waals surface area contributed by atoms with E-state index in [1.165, 1.54) is 21.2 Å². The minimum Gasteiger partial charge on any atom is -0.481 e. The summed E-state index contributed by atoms with van der Waals surface area (Å²) in [7, 11) is 2.10. The number of aliphatic carboxylic acids is 1. The van der Waals surface area contributed by atoms with Crippen LogP contribution in [0.1, 0.15) is 29.8 Å². The number of fused-ring (bicyclic) bond motifs is 1. The second kappa shape index (κ2) is 7.31. The standard InChI is InChI=1S/C20H22N2O2S/c1-14-11-16(12-15(2)22(14)10-6-9-20(23)24)13-19-21(3)17-7-4-5-8-18(17)25-19/h4-5,7-8,11-13H,6,9-10H2,1-3H3/p+1. The van der Waals surface area contributed by atoms with E-state index in [9.17, 15) is 4.79 Å². The van der Waals surface area contributed by atoms with Gasteiger partial charge < -0.3 is 10.0 Å². The van der Waals surface area contributed by atoms with E-state index < -0.39 is 5.97 Å². The molecule has 0 unspecified atom stereocenters. The van der Waals surface area contributed by atoms with E-state index in [1.54, 1.807) is 11.8 Å². The number of hydrogen-bond acceptors (Lipinski definition) is 3. The number of thioether (sulfide) groups is 1. The Bertz CT molecular complexity index is 822. The average Bonchev–Trinajstić information content (AvgIpc) is 2.86. The Kier molecular flexibility index (Phi) is 5.13. The highest BCUT2D eigenvalue weighted by atomic mass is 32.2. The average molecular weight is 355 g/mol. The molecule has 4 nitrogen and oxygen atoms in total. The normalized spacial score (nSPS) is 14.8. The van der Waals surface area contributed by atoms with E-state index in [-0.39, 0.29) is 6.42 Å². The lowest BCUT2D eigenvalue weighted by atomic mass is 10.1. The summed E-state index contributed by atoms with van der Waals surface area (Å²) >= 11 is 1.79. The van der Waals surface area contributed by atoms with Crippen molar-refractivity contribution in [2.75, 3.05) is 11.9 Å². The van der Waals surface area contributed by atoms with Gasteiger partial charge in [-0.2, -0.15) is 0 Å². The van der Waals surface area contributed by atoms with Crippen LogP contribution in [0.5, 0.6) is 0 Å². The summed E-state index contributed by atoms with van der Waals surface area (Å²) in [5.74, 6) is -0.738. The summed E-state index contributed by atoms with van der Waals surface area (Å²) in [5.41, 5.74) is 4.72. The number of benzene rings is 1. The maximum absolute atomic E-state index is 10.7. The van der Waals surface area contributed by atoms with Gasteiger partial charge >= 0.3 is 5.97 Å². The molecular weight excluding hydrogens is 332 g/mol. The van der Waals surface area contributed by atoms with Crippen molar-refractivity contribution >= 4 is 29.5 Å². The molecule has 0 fully saturated rings. The van der Waals surface area contributed by atoms with Gasteiger partial charge in [0.25, 0.3) is 0 Å². The molecule has 1 aromatic carbocycles. The summed E-state index contributed by atoms with van der Waals surface area (Å²) in [6.45, 7) is 4.90. The predicted octanol–water partition coefficient (Wildman–Crippen LogP) is 4.00. The third-order valence-corrected chi connectivity index (χ3v) is 5.60. The van der Waals surface area contributed by atoms with E-state index in [0.717, 1.165) is 17.9 Å². The van der Waals surface area contributed by atoms with Crippen LogP contribution in [0.3, 0.4) is 0 Å². The Morgan fingerprint density at radius 3 is 2.56 bits per heavy atom. The lowest BCUT2D eigenvalue weighted by molar-refractivity contribution is -0.708. The van der Waals surface area contributed by atoms with Crippen molar-refractivity contribution in [2.24, 2.45) is 0 Å². The van der Waals surface area contributed by atoms with Crippen LogP contribution in [0.2, 0.25) is 0 Å². The first-order chi connectivity index (χ1) is 12.0. The minimum absolute atomic E-state index is 0.206. The molecule has 0 spiro atoms. The van der Waals surface area contributed by atoms with Gasteiger partial charge in [0.1, 0.15) is 6.54 Å². The number of anilines is 1. The van der Waals surface area contributed by atoms with E-state index in [2.05, 4.69) is 72.8 Å². The van der Waals surface area contributed by atoms with Gasteiger partial charge in [-0.15, -0.1) is 0 Å². The first-order valence-corrected chi connectivity index (χ1v) is 9.22. The molecule has 1 aliphatic rings. The van der Waals surface area contributed by atoms with Crippen LogP contribution in [-0.2, 0) is 11.3 Å². The SMILES string of the molecule is Cc1cc(/C=C2\Sc3ccccc3N2C)cc(C)[n+]1CCCC(=O)O. The summed E-state index contributed by atoms with van der Waals surface area (Å²) in [5, 5.41) is 10.0. The van der Waals surface area contributed by atoms with Crippen LogP contribution in [0.25, 0.3) is 6.08 Å². The van der Waals surface area contributed by atoms with Crippen molar-refractivity contribution < 1.29 is 14.5 Å². The smallest absolute Gasteiger partial charge is 0.303 e. The van der Waals surface area contributed by atoms with Crippen LogP contribution < -0.4 is 9.47 Å². The number of carboxylic acid groups (broad SMARTS) is 1. The van der Waals surface area contributed by atoms with Crippen molar-refractivity contribution in [3.63, 3.8) is 0 Å². The number of carboxylic acids is 1. The van der Waals surface area contributed by atoms with Crippen molar-refractivity contribution in [1.82, 2.24) is 0 Å². The molecule has 1 aliphatic heterocycles. The van der Waals surface area contributed by atoms with Crippen LogP contribution in [0.4, 0.5) is 5.69 Å². The summed E-state index contributed by atoms with van der Waals surface area (Å²) < 4.78 is 2.19. The van der Waals surface area contributed by atoms with E-state index in [1.807, 2.05) is 0 Å². The Morgan fingerprint density at radius 1 is 1.24 bits per heavy atom. The van der Waals surface area contributed by atoms with Gasteiger partial charge in [0.2, 0.25) is 0 Å². The second-order valence-corrected chi connectivity index (χ2v) is 7.39. The number of hydrogen-bond donors (Lipinski definition) is 1. The number of pyridine rings is 1. The molecule has 0 amide bonds. The quantitative estimate of drug-likeness (QED) is 0.824. The van der Waals surface area contributed by atoms with Crippen molar-refractivity contribution in [2.45, 2.75) is 38.1 Å². The number of aromatic nitrogens is 1. The van der Waals surface area contributed by atoms with Crippen LogP contribution in [0, 0.1) is 13.8 Å². The highest BCUT2D eigenvalue weighted by molar-refractivity contribution is 8.03. The Morgan fingerprint density at radius 2 is 1.92 bits per heavy atom. The van der Waals surface area contributed by atoms with Crippen LogP contribution in [0.15, 0.2) is 46.3 Å². The van der Waals surface area contributed by atoms with Gasteiger partial charge in [0.15, 0.2) is 11.4 Å².